The van der Waals surface area contributed by atoms with E-state index in [1.54, 1.807) is 0 Å². The van der Waals surface area contributed by atoms with Crippen LogP contribution in [0.3, 0.4) is 0 Å². The summed E-state index contributed by atoms with van der Waals surface area (Å²) in [6.07, 6.45) is 0. The van der Waals surface area contributed by atoms with Crippen molar-refractivity contribution in [3.8, 4) is 0 Å². The van der Waals surface area contributed by atoms with Crippen LogP contribution in [0.15, 0.2) is 25.8 Å². The Labute approximate surface area is 74.3 Å². The van der Waals surface area contributed by atoms with Gasteiger partial charge in [-0.2, -0.15) is 0 Å². The maximum Gasteiger partial charge on any atom is 0.417 e. The number of aromatic amines is 1. The van der Waals surface area contributed by atoms with Crippen molar-refractivity contribution >= 4 is 27.0 Å². The minimum absolute atomic E-state index is 0.100. The second kappa shape index (κ2) is 2.45. The van der Waals surface area contributed by atoms with E-state index in [0.717, 1.165) is 0 Å². The Morgan fingerprint density at radius 3 is 3.00 bits per heavy atom. The molecular formula is C7H3BrFNO2. The van der Waals surface area contributed by atoms with Gasteiger partial charge in [-0.1, -0.05) is 15.9 Å². The molecule has 1 N–H and O–H groups in total. The molecule has 12 heavy (non-hydrogen) atoms. The molecule has 1 heterocycles. The molecule has 0 aliphatic heterocycles. The largest absolute Gasteiger partial charge is 0.417 e. The third-order valence-corrected chi connectivity index (χ3v) is 1.91. The summed E-state index contributed by atoms with van der Waals surface area (Å²) in [4.78, 5) is 12.9. The first-order valence-corrected chi connectivity index (χ1v) is 3.94. The lowest BCUT2D eigenvalue weighted by Gasteiger charge is -1.90. The van der Waals surface area contributed by atoms with Crippen molar-refractivity contribution < 1.29 is 8.81 Å². The quantitative estimate of drug-likeness (QED) is 0.755. The number of halogens is 2. The number of hydrogen-bond acceptors (Lipinski definition) is 2. The predicted molar refractivity (Wildman–Crippen MR) is 44.5 cm³/mol. The SMILES string of the molecule is O=c1[nH]c2c(F)cc(Br)cc2o1. The zero-order valence-corrected chi connectivity index (χ0v) is 7.31. The molecule has 0 fully saturated rings. The molecule has 0 saturated heterocycles. The molecule has 0 unspecified atom stereocenters. The van der Waals surface area contributed by atoms with Crippen LogP contribution >= 0.6 is 15.9 Å². The number of nitrogens with one attached hydrogen (secondary N) is 1. The van der Waals surface area contributed by atoms with E-state index >= 15 is 0 Å². The monoisotopic (exact) mass is 231 g/mol. The second-order valence-corrected chi connectivity index (χ2v) is 3.19. The van der Waals surface area contributed by atoms with E-state index in [1.807, 2.05) is 0 Å². The number of H-pyrrole nitrogens is 1. The molecular weight excluding hydrogens is 229 g/mol. The van der Waals surface area contributed by atoms with Gasteiger partial charge in [0.2, 0.25) is 0 Å². The van der Waals surface area contributed by atoms with Crippen LogP contribution in [0.5, 0.6) is 0 Å². The molecule has 0 aliphatic carbocycles. The number of aromatic nitrogens is 1. The van der Waals surface area contributed by atoms with Crippen molar-refractivity contribution in [2.24, 2.45) is 0 Å². The third kappa shape index (κ3) is 1.06. The standard InChI is InChI=1S/C7H3BrFNO2/c8-3-1-4(9)6-5(2-3)12-7(11)10-6/h1-2H,(H,10,11). The van der Waals surface area contributed by atoms with Gasteiger partial charge in [0, 0.05) is 4.47 Å². The van der Waals surface area contributed by atoms with Gasteiger partial charge < -0.3 is 4.42 Å². The molecule has 2 aromatic rings. The van der Waals surface area contributed by atoms with E-state index in [-0.39, 0.29) is 11.1 Å². The van der Waals surface area contributed by atoms with Crippen molar-refractivity contribution in [1.82, 2.24) is 4.98 Å². The van der Waals surface area contributed by atoms with Crippen molar-refractivity contribution in [3.05, 3.63) is 33.0 Å². The van der Waals surface area contributed by atoms with E-state index in [4.69, 9.17) is 0 Å². The highest BCUT2D eigenvalue weighted by atomic mass is 79.9. The minimum Gasteiger partial charge on any atom is -0.408 e. The summed E-state index contributed by atoms with van der Waals surface area (Å²) in [5, 5.41) is 0. The van der Waals surface area contributed by atoms with E-state index in [9.17, 15) is 9.18 Å². The van der Waals surface area contributed by atoms with Crippen LogP contribution < -0.4 is 5.76 Å². The van der Waals surface area contributed by atoms with Crippen LogP contribution in [0.1, 0.15) is 0 Å². The lowest BCUT2D eigenvalue weighted by molar-refractivity contribution is 0.555. The molecule has 0 aliphatic rings. The van der Waals surface area contributed by atoms with Crippen LogP contribution in [0.2, 0.25) is 0 Å². The molecule has 2 rings (SSSR count). The first-order valence-electron chi connectivity index (χ1n) is 3.15. The lowest BCUT2D eigenvalue weighted by Crippen LogP contribution is -1.93. The van der Waals surface area contributed by atoms with Crippen LogP contribution in [-0.2, 0) is 0 Å². The number of rotatable bonds is 0. The molecule has 1 aromatic heterocycles. The number of oxazole rings is 1. The average Bonchev–Trinajstić information content (AvgIpc) is 2.29. The molecule has 0 atom stereocenters. The Kier molecular flexibility index (Phi) is 1.54. The van der Waals surface area contributed by atoms with E-state index < -0.39 is 11.6 Å². The van der Waals surface area contributed by atoms with E-state index in [1.165, 1.54) is 12.1 Å². The summed E-state index contributed by atoms with van der Waals surface area (Å²) in [6.45, 7) is 0. The van der Waals surface area contributed by atoms with E-state index in [2.05, 4.69) is 25.3 Å². The highest BCUT2D eigenvalue weighted by Crippen LogP contribution is 2.20. The normalized spacial score (nSPS) is 10.8. The Morgan fingerprint density at radius 2 is 2.25 bits per heavy atom. The van der Waals surface area contributed by atoms with Gasteiger partial charge in [0.25, 0.3) is 0 Å². The first-order chi connectivity index (χ1) is 5.66. The zero-order chi connectivity index (χ0) is 8.72. The van der Waals surface area contributed by atoms with Crippen molar-refractivity contribution in [2.45, 2.75) is 0 Å². The number of fused-ring (bicyclic) bond motifs is 1. The van der Waals surface area contributed by atoms with Gasteiger partial charge in [0.05, 0.1) is 0 Å². The highest BCUT2D eigenvalue weighted by Gasteiger charge is 2.06. The Morgan fingerprint density at radius 1 is 1.50 bits per heavy atom. The summed E-state index contributed by atoms with van der Waals surface area (Å²) in [6, 6.07) is 2.78. The molecule has 0 radical (unpaired) electrons. The van der Waals surface area contributed by atoms with Crippen molar-refractivity contribution in [2.75, 3.05) is 0 Å². The molecule has 0 bridgehead atoms. The number of hydrogen-bond donors (Lipinski definition) is 1. The molecule has 0 saturated carbocycles. The van der Waals surface area contributed by atoms with Gasteiger partial charge in [-0.15, -0.1) is 0 Å². The van der Waals surface area contributed by atoms with Gasteiger partial charge in [-0.3, -0.25) is 4.98 Å². The van der Waals surface area contributed by atoms with Gasteiger partial charge >= 0.3 is 5.76 Å². The first kappa shape index (κ1) is 7.54. The van der Waals surface area contributed by atoms with Crippen LogP contribution in [-0.4, -0.2) is 4.98 Å². The third-order valence-electron chi connectivity index (χ3n) is 1.45. The second-order valence-electron chi connectivity index (χ2n) is 2.28. The van der Waals surface area contributed by atoms with Crippen LogP contribution in [0.4, 0.5) is 4.39 Å². The van der Waals surface area contributed by atoms with E-state index in [0.29, 0.717) is 4.47 Å². The summed E-state index contributed by atoms with van der Waals surface area (Å²) in [7, 11) is 0. The van der Waals surface area contributed by atoms with Crippen molar-refractivity contribution in [3.63, 3.8) is 0 Å². The molecule has 5 heteroatoms. The fourth-order valence-corrected chi connectivity index (χ4v) is 1.39. The van der Waals surface area contributed by atoms with Crippen LogP contribution in [0.25, 0.3) is 11.1 Å². The van der Waals surface area contributed by atoms with Gasteiger partial charge in [-0.05, 0) is 12.1 Å². The molecule has 0 amide bonds. The fraction of sp³-hybridized carbons (Fsp3) is 0. The zero-order valence-electron chi connectivity index (χ0n) is 5.73. The highest BCUT2D eigenvalue weighted by molar-refractivity contribution is 9.10. The summed E-state index contributed by atoms with van der Waals surface area (Å²) >= 11 is 3.08. The molecule has 1 aromatic carbocycles. The Hall–Kier alpha value is -1.10. The average molecular weight is 232 g/mol. The van der Waals surface area contributed by atoms with Gasteiger partial charge in [0.15, 0.2) is 11.4 Å². The minimum atomic E-state index is -0.651. The van der Waals surface area contributed by atoms with Gasteiger partial charge in [-0.25, -0.2) is 9.18 Å². The number of benzene rings is 1. The molecule has 62 valence electrons. The summed E-state index contributed by atoms with van der Waals surface area (Å²) in [5.74, 6) is -1.16. The summed E-state index contributed by atoms with van der Waals surface area (Å²) in [5.41, 5.74) is 0.315. The maximum atomic E-state index is 13.0. The lowest BCUT2D eigenvalue weighted by atomic mass is 10.3. The Balaban J connectivity index is 2.97. The van der Waals surface area contributed by atoms with Crippen LogP contribution in [0, 0.1) is 5.82 Å². The van der Waals surface area contributed by atoms with Gasteiger partial charge in [0.1, 0.15) is 5.52 Å². The summed E-state index contributed by atoms with van der Waals surface area (Å²) < 4.78 is 18.2. The molecule has 3 nitrogen and oxygen atoms in total. The predicted octanol–water partition coefficient (Wildman–Crippen LogP) is 2.02. The Bertz CT molecular complexity index is 488. The van der Waals surface area contributed by atoms with Crippen molar-refractivity contribution in [1.29, 1.82) is 0 Å². The molecule has 0 spiro atoms. The smallest absolute Gasteiger partial charge is 0.408 e. The fourth-order valence-electron chi connectivity index (χ4n) is 0.979. The topological polar surface area (TPSA) is 46.0 Å². The maximum absolute atomic E-state index is 13.0.